The van der Waals surface area contributed by atoms with Crippen molar-refractivity contribution in [3.05, 3.63) is 0 Å². The van der Waals surface area contributed by atoms with Gasteiger partial charge in [0.15, 0.2) is 0 Å². The van der Waals surface area contributed by atoms with E-state index in [1.807, 2.05) is 222 Å². The summed E-state index contributed by atoms with van der Waals surface area (Å²) in [6.45, 7) is 73.5. The van der Waals surface area contributed by atoms with Crippen molar-refractivity contribution in [3.63, 3.8) is 0 Å². The molecule has 0 spiro atoms. The first kappa shape index (κ1) is 257. The molecule has 0 heterocycles. The molecule has 22 nitrogen and oxygen atoms in total. The second-order valence-corrected chi connectivity index (χ2v) is 11.2. The topological polar surface area (TPSA) is 321 Å². The number of aliphatic carboxylic acids is 1. The maximum Gasteiger partial charge on any atom is 0.331 e. The molecular formula is C79H218O22. The van der Waals surface area contributed by atoms with Crippen LogP contribution in [-0.2, 0) is 81.0 Å². The van der Waals surface area contributed by atoms with Gasteiger partial charge in [-0.1, -0.05) is 304 Å². The molecule has 0 bridgehead atoms. The minimum atomic E-state index is -0.757. The summed E-state index contributed by atoms with van der Waals surface area (Å²) >= 11 is 0. The standard InChI is InChI=1S/C6H12O2.C5H10O2.3C4H8O3.2C4H8O2.C4H8O.14C2H6.4CH4O.12CH4/c1-6(2,3)5(7)8-4;1-5(2,3)4(6)7;3*1-6-3-4(5)7-2;2*1-3-4(5)6-2;1-3-4(2)5;18*1-2;;;;;;;;;;;;/h1-4H3;1-3H3,(H,6,7);3*3H2,1-2H3;2*3H2,1-2H3;3H2,1-2H3;14*1-2H3;4*2H,1H3;12*1H4. The third-order valence-electron chi connectivity index (χ3n) is 4.44. The van der Waals surface area contributed by atoms with Crippen molar-refractivity contribution >= 4 is 47.6 Å². The minimum Gasteiger partial charge on any atom is -0.481 e. The number of carbonyl (C=O) groups is 8. The van der Waals surface area contributed by atoms with Crippen LogP contribution in [0.1, 0.15) is 371 Å². The SMILES string of the molecule is C.C.C.C.C.C.C.C.C.C.C.C.CC.CC.CC.CC.CC.CC.CC.CC.CC.CC.CC.CC.CC.CC.CC(C)(C)C(=O)O.CCC(=O)OC.CCC(=O)OC.CCC(C)=O.CO.CO.CO.CO.COC(=O)C(C)(C)C.COCC(=O)OC.COCC(=O)OC.COCC(=O)OC. The number of carbonyl (C=O) groups excluding carboxylic acids is 7. The Morgan fingerprint density at radius 3 is 0.366 bits per heavy atom. The Morgan fingerprint density at radius 1 is 0.248 bits per heavy atom. The van der Waals surface area contributed by atoms with Gasteiger partial charge in [0.2, 0.25) is 0 Å². The molecule has 0 saturated heterocycles. The molecule has 0 unspecified atom stereocenters. The molecule has 0 aromatic rings. The molecule has 0 aliphatic carbocycles. The Kier molecular flexibility index (Phi) is 1000. The highest BCUT2D eigenvalue weighted by molar-refractivity contribution is 5.75. The van der Waals surface area contributed by atoms with Crippen LogP contribution < -0.4 is 0 Å². The lowest BCUT2D eigenvalue weighted by Gasteiger charge is -2.13. The molecule has 0 atom stereocenters. The summed E-state index contributed by atoms with van der Waals surface area (Å²) in [5.41, 5.74) is -0.936. The van der Waals surface area contributed by atoms with Gasteiger partial charge in [-0.25, -0.2) is 14.4 Å². The highest BCUT2D eigenvalue weighted by Crippen LogP contribution is 2.13. The third kappa shape index (κ3) is 698. The van der Waals surface area contributed by atoms with E-state index in [0.717, 1.165) is 28.4 Å². The normalized spacial score (nSPS) is 5.73. The van der Waals surface area contributed by atoms with Gasteiger partial charge in [0.25, 0.3) is 0 Å². The quantitative estimate of drug-likeness (QED) is 0.106. The molecule has 0 fully saturated rings. The zero-order valence-electron chi connectivity index (χ0n) is 69.4. The number of carboxylic acid groups (broad SMARTS) is 1. The Balaban J connectivity index is -0.0000000115. The van der Waals surface area contributed by atoms with Gasteiger partial charge in [-0.3, -0.25) is 19.2 Å². The first-order valence-corrected chi connectivity index (χ1v) is 31.7. The Morgan fingerprint density at radius 2 is 0.356 bits per heavy atom. The maximum absolute atomic E-state index is 10.6. The molecule has 0 aliphatic heterocycles. The highest BCUT2D eigenvalue weighted by atomic mass is 16.6. The predicted molar refractivity (Wildman–Crippen MR) is 468 cm³/mol. The van der Waals surface area contributed by atoms with E-state index in [1.54, 1.807) is 41.5 Å². The fourth-order valence-corrected chi connectivity index (χ4v) is 1.13. The molecule has 0 aliphatic rings. The summed E-state index contributed by atoms with van der Waals surface area (Å²) in [6, 6.07) is 0. The number of rotatable bonds is 9. The number of aliphatic hydroxyl groups excluding tert-OH is 4. The van der Waals surface area contributed by atoms with Gasteiger partial charge >= 0.3 is 41.8 Å². The van der Waals surface area contributed by atoms with E-state index in [-0.39, 0.29) is 156 Å². The first-order valence-electron chi connectivity index (χ1n) is 31.7. The van der Waals surface area contributed by atoms with Gasteiger partial charge in [-0.15, -0.1) is 0 Å². The van der Waals surface area contributed by atoms with Crippen LogP contribution >= 0.6 is 0 Å². The van der Waals surface area contributed by atoms with Crippen molar-refractivity contribution in [2.24, 2.45) is 10.8 Å². The molecule has 0 aromatic carbocycles. The lowest BCUT2D eigenvalue weighted by molar-refractivity contribution is -0.150. The summed E-state index contributed by atoms with van der Waals surface area (Å²) < 4.78 is 38.9. The zero-order valence-corrected chi connectivity index (χ0v) is 69.4. The van der Waals surface area contributed by atoms with Crippen LogP contribution in [-0.4, -0.2) is 185 Å². The molecule has 666 valence electrons. The van der Waals surface area contributed by atoms with Gasteiger partial charge in [-0.2, -0.15) is 0 Å². The number of hydrogen-bond donors (Lipinski definition) is 5. The molecular weight excluding hydrogens is 1300 g/mol. The number of aliphatic hydroxyl groups is 4. The predicted octanol–water partition coefficient (Wildman–Crippen LogP) is 24.3. The number of methoxy groups -OCH3 is 9. The van der Waals surface area contributed by atoms with Crippen molar-refractivity contribution in [1.29, 1.82) is 0 Å². The van der Waals surface area contributed by atoms with Crippen molar-refractivity contribution in [2.45, 2.75) is 371 Å². The molecule has 0 aromatic heterocycles. The first-order chi connectivity index (χ1) is 42.2. The number of ether oxygens (including phenoxy) is 9. The van der Waals surface area contributed by atoms with Gasteiger partial charge < -0.3 is 73.0 Å². The molecule has 22 heteroatoms. The third-order valence-corrected chi connectivity index (χ3v) is 4.44. The van der Waals surface area contributed by atoms with Gasteiger partial charge in [-0.05, 0) is 48.5 Å². The lowest BCUT2D eigenvalue weighted by atomic mass is 9.98. The van der Waals surface area contributed by atoms with Crippen LogP contribution in [0.3, 0.4) is 0 Å². The monoisotopic (exact) mass is 1520 g/mol. The minimum absolute atomic E-state index is 0. The largest absolute Gasteiger partial charge is 0.481 e. The van der Waals surface area contributed by atoms with Gasteiger partial charge in [0, 0.05) is 69.0 Å². The number of carboxylic acids is 1. The van der Waals surface area contributed by atoms with Gasteiger partial charge in [0.05, 0.1) is 53.5 Å². The Labute approximate surface area is 646 Å². The summed E-state index contributed by atoms with van der Waals surface area (Å²) in [4.78, 5) is 80.6. The molecule has 0 radical (unpaired) electrons. The van der Waals surface area contributed by atoms with E-state index in [9.17, 15) is 38.4 Å². The van der Waals surface area contributed by atoms with Crippen LogP contribution in [0.15, 0.2) is 0 Å². The summed E-state index contributed by atoms with van der Waals surface area (Å²) in [5, 5.41) is 36.2. The van der Waals surface area contributed by atoms with Crippen LogP contribution in [0, 0.1) is 10.8 Å². The summed E-state index contributed by atoms with van der Waals surface area (Å²) in [7, 11) is 16.4. The molecule has 101 heavy (non-hydrogen) atoms. The van der Waals surface area contributed by atoms with Crippen molar-refractivity contribution < 1.29 is 107 Å². The van der Waals surface area contributed by atoms with E-state index in [2.05, 4.69) is 42.6 Å². The zero-order chi connectivity index (χ0) is 80.2. The van der Waals surface area contributed by atoms with E-state index >= 15 is 0 Å². The summed E-state index contributed by atoms with van der Waals surface area (Å²) in [5.74, 6) is -2.02. The second-order valence-electron chi connectivity index (χ2n) is 11.2. The number of ketones is 1. The van der Waals surface area contributed by atoms with E-state index < -0.39 is 11.4 Å². The van der Waals surface area contributed by atoms with Crippen LogP contribution in [0.25, 0.3) is 0 Å². The van der Waals surface area contributed by atoms with Crippen LogP contribution in [0.2, 0.25) is 0 Å². The van der Waals surface area contributed by atoms with E-state index in [1.165, 1.54) is 64.0 Å². The molecule has 0 saturated carbocycles. The molecule has 5 N–H and O–H groups in total. The highest BCUT2D eigenvalue weighted by Gasteiger charge is 2.21. The lowest BCUT2D eigenvalue weighted by Crippen LogP contribution is -2.21. The number of Topliss-reactive ketones (excluding diaryl/α,β-unsaturated/α-hetero) is 1. The molecule has 0 rings (SSSR count). The Hall–Kier alpha value is -4.32. The van der Waals surface area contributed by atoms with Crippen molar-refractivity contribution in [1.82, 2.24) is 0 Å². The number of esters is 6. The van der Waals surface area contributed by atoms with Crippen LogP contribution in [0.4, 0.5) is 0 Å². The van der Waals surface area contributed by atoms with Crippen molar-refractivity contribution in [3.8, 4) is 0 Å². The smallest absolute Gasteiger partial charge is 0.331 e. The summed E-state index contributed by atoms with van der Waals surface area (Å²) in [6.07, 6.45) is 1.60. The fraction of sp³-hybridized carbons (Fsp3) is 0.899. The van der Waals surface area contributed by atoms with E-state index in [0.29, 0.717) is 19.3 Å². The average molecular weight is 1520 g/mol. The van der Waals surface area contributed by atoms with Crippen molar-refractivity contribution in [2.75, 3.05) is 112 Å². The fourth-order valence-electron chi connectivity index (χ4n) is 1.13. The average Bonchev–Trinajstić information content (AvgIpc) is 3.62. The Bertz CT molecular complexity index is 889. The van der Waals surface area contributed by atoms with Gasteiger partial charge in [0.1, 0.15) is 25.6 Å². The van der Waals surface area contributed by atoms with E-state index in [4.69, 9.17) is 25.5 Å². The number of hydrogen-bond acceptors (Lipinski definition) is 21. The van der Waals surface area contributed by atoms with Crippen LogP contribution in [0.5, 0.6) is 0 Å². The maximum atomic E-state index is 10.6. The molecule has 0 amide bonds. The second kappa shape index (κ2) is 394.